The molecule has 1 aromatic rings. The van der Waals surface area contributed by atoms with Gasteiger partial charge in [-0.3, -0.25) is 10.1 Å². The van der Waals surface area contributed by atoms with Crippen LogP contribution in [0.3, 0.4) is 0 Å². The third-order valence-corrected chi connectivity index (χ3v) is 3.26. The molecule has 0 aliphatic rings. The second-order valence-corrected chi connectivity index (χ2v) is 4.74. The third kappa shape index (κ3) is 3.20. The number of rotatable bonds is 5. The molecule has 0 spiro atoms. The average Bonchev–Trinajstić information content (AvgIpc) is 2.27. The Morgan fingerprint density at radius 3 is 2.35 bits per heavy atom. The van der Waals surface area contributed by atoms with Gasteiger partial charge in [0.25, 0.3) is 0 Å². The second kappa shape index (κ2) is 5.19. The largest absolute Gasteiger partial charge is 0.508 e. The number of primary amides is 1. The van der Waals surface area contributed by atoms with E-state index in [-0.39, 0.29) is 17.6 Å². The van der Waals surface area contributed by atoms with Crippen LogP contribution in [0.1, 0.15) is 26.3 Å². The quantitative estimate of drug-likeness (QED) is 0.723. The molecule has 0 saturated carbocycles. The molecule has 4 nitrogen and oxygen atoms in total. The topological polar surface area (TPSA) is 75.3 Å². The van der Waals surface area contributed by atoms with Crippen LogP contribution in [-0.2, 0) is 11.3 Å². The minimum atomic E-state index is -0.724. The summed E-state index contributed by atoms with van der Waals surface area (Å²) in [6.45, 7) is 6.25. The number of aromatic hydroxyl groups is 1. The second-order valence-electron chi connectivity index (χ2n) is 4.74. The number of nitrogens with two attached hydrogens (primary N) is 1. The van der Waals surface area contributed by atoms with Crippen LogP contribution >= 0.6 is 0 Å². The minimum Gasteiger partial charge on any atom is -0.508 e. The number of phenolic OH excluding ortho intramolecular Hbond substituents is 1. The van der Waals surface area contributed by atoms with Gasteiger partial charge in [0.05, 0.1) is 5.54 Å². The summed E-state index contributed by atoms with van der Waals surface area (Å²) in [5, 5.41) is 12.3. The maximum absolute atomic E-state index is 11.5. The molecule has 1 atom stereocenters. The van der Waals surface area contributed by atoms with Crippen molar-refractivity contribution in [3.8, 4) is 5.75 Å². The van der Waals surface area contributed by atoms with E-state index < -0.39 is 5.54 Å². The minimum absolute atomic E-state index is 0.108. The molecule has 0 heterocycles. The zero-order valence-electron chi connectivity index (χ0n) is 10.5. The van der Waals surface area contributed by atoms with Gasteiger partial charge in [0.15, 0.2) is 0 Å². The summed E-state index contributed by atoms with van der Waals surface area (Å²) in [6.07, 6.45) is 0. The standard InChI is InChI=1S/C13H20N2O2/c1-9(2)13(3,12(14)17)15-8-10-4-6-11(16)7-5-10/h4-7,9,15-16H,8H2,1-3H3,(H2,14,17). The summed E-state index contributed by atoms with van der Waals surface area (Å²) in [5.74, 6) is -0.0151. The molecule has 0 fully saturated rings. The van der Waals surface area contributed by atoms with Crippen molar-refractivity contribution in [2.45, 2.75) is 32.9 Å². The molecule has 0 saturated heterocycles. The van der Waals surface area contributed by atoms with Gasteiger partial charge in [-0.05, 0) is 30.5 Å². The van der Waals surface area contributed by atoms with Crippen LogP contribution in [0.2, 0.25) is 0 Å². The summed E-state index contributed by atoms with van der Waals surface area (Å²) < 4.78 is 0. The molecule has 4 N–H and O–H groups in total. The van der Waals surface area contributed by atoms with Crippen molar-refractivity contribution in [1.29, 1.82) is 0 Å². The van der Waals surface area contributed by atoms with Gasteiger partial charge in [0, 0.05) is 6.54 Å². The molecule has 94 valence electrons. The van der Waals surface area contributed by atoms with Crippen LogP contribution in [-0.4, -0.2) is 16.6 Å². The van der Waals surface area contributed by atoms with Crippen LogP contribution in [0.4, 0.5) is 0 Å². The Balaban J connectivity index is 2.71. The molecule has 4 heteroatoms. The monoisotopic (exact) mass is 236 g/mol. The maximum Gasteiger partial charge on any atom is 0.237 e. The summed E-state index contributed by atoms with van der Waals surface area (Å²) >= 11 is 0. The molecular formula is C13H20N2O2. The predicted molar refractivity (Wildman–Crippen MR) is 67.4 cm³/mol. The Morgan fingerprint density at radius 1 is 1.41 bits per heavy atom. The molecule has 0 bridgehead atoms. The predicted octanol–water partition coefficient (Wildman–Crippen LogP) is 1.38. The smallest absolute Gasteiger partial charge is 0.237 e. The molecule has 1 aromatic carbocycles. The number of amides is 1. The maximum atomic E-state index is 11.5. The third-order valence-electron chi connectivity index (χ3n) is 3.26. The van der Waals surface area contributed by atoms with Crippen molar-refractivity contribution in [3.05, 3.63) is 29.8 Å². The van der Waals surface area contributed by atoms with Gasteiger partial charge >= 0.3 is 0 Å². The molecular weight excluding hydrogens is 216 g/mol. The van der Waals surface area contributed by atoms with E-state index in [0.29, 0.717) is 6.54 Å². The van der Waals surface area contributed by atoms with Crippen LogP contribution in [0, 0.1) is 5.92 Å². The van der Waals surface area contributed by atoms with Gasteiger partial charge in [-0.15, -0.1) is 0 Å². The summed E-state index contributed by atoms with van der Waals surface area (Å²) in [4.78, 5) is 11.5. The first-order chi connectivity index (χ1) is 7.86. The van der Waals surface area contributed by atoms with Crippen LogP contribution in [0.5, 0.6) is 5.75 Å². The Hall–Kier alpha value is -1.55. The fraction of sp³-hybridized carbons (Fsp3) is 0.462. The van der Waals surface area contributed by atoms with Crippen molar-refractivity contribution in [3.63, 3.8) is 0 Å². The Bertz CT molecular complexity index is 387. The summed E-state index contributed by atoms with van der Waals surface area (Å²) in [7, 11) is 0. The van der Waals surface area contributed by atoms with Gasteiger partial charge in [0.2, 0.25) is 5.91 Å². The molecule has 17 heavy (non-hydrogen) atoms. The Morgan fingerprint density at radius 2 is 1.94 bits per heavy atom. The van der Waals surface area contributed by atoms with Gasteiger partial charge in [-0.25, -0.2) is 0 Å². The Kier molecular flexibility index (Phi) is 4.12. The summed E-state index contributed by atoms with van der Waals surface area (Å²) in [5.41, 5.74) is 5.69. The van der Waals surface area contributed by atoms with E-state index in [1.54, 1.807) is 19.1 Å². The van der Waals surface area contributed by atoms with Gasteiger partial charge in [-0.2, -0.15) is 0 Å². The molecule has 1 unspecified atom stereocenters. The van der Waals surface area contributed by atoms with E-state index in [1.165, 1.54) is 0 Å². The lowest BCUT2D eigenvalue weighted by molar-refractivity contribution is -0.125. The van der Waals surface area contributed by atoms with E-state index in [0.717, 1.165) is 5.56 Å². The fourth-order valence-corrected chi connectivity index (χ4v) is 1.48. The van der Waals surface area contributed by atoms with Gasteiger partial charge in [0.1, 0.15) is 5.75 Å². The highest BCUT2D eigenvalue weighted by molar-refractivity contribution is 5.84. The molecule has 0 radical (unpaired) electrons. The highest BCUT2D eigenvalue weighted by Gasteiger charge is 2.33. The molecule has 0 aliphatic heterocycles. The van der Waals surface area contributed by atoms with Crippen LogP contribution in [0.15, 0.2) is 24.3 Å². The van der Waals surface area contributed by atoms with Crippen LogP contribution < -0.4 is 11.1 Å². The number of carbonyl (C=O) groups excluding carboxylic acids is 1. The molecule has 0 aliphatic carbocycles. The number of hydrogen-bond acceptors (Lipinski definition) is 3. The zero-order valence-corrected chi connectivity index (χ0v) is 10.5. The summed E-state index contributed by atoms with van der Waals surface area (Å²) in [6, 6.07) is 6.86. The lowest BCUT2D eigenvalue weighted by Gasteiger charge is -2.31. The molecule has 1 rings (SSSR count). The van der Waals surface area contributed by atoms with Gasteiger partial charge in [-0.1, -0.05) is 26.0 Å². The number of benzene rings is 1. The first kappa shape index (κ1) is 13.5. The molecule has 1 amide bonds. The fourth-order valence-electron chi connectivity index (χ4n) is 1.48. The first-order valence-electron chi connectivity index (χ1n) is 5.69. The highest BCUT2D eigenvalue weighted by atomic mass is 16.3. The van der Waals surface area contributed by atoms with Crippen molar-refractivity contribution < 1.29 is 9.90 Å². The number of carbonyl (C=O) groups is 1. The Labute approximate surface area is 102 Å². The van der Waals surface area contributed by atoms with Crippen molar-refractivity contribution >= 4 is 5.91 Å². The number of nitrogens with one attached hydrogen (secondary N) is 1. The van der Waals surface area contributed by atoms with Crippen molar-refractivity contribution in [2.24, 2.45) is 11.7 Å². The van der Waals surface area contributed by atoms with E-state index in [4.69, 9.17) is 10.8 Å². The SMILES string of the molecule is CC(C)C(C)(NCc1ccc(O)cc1)C(N)=O. The normalized spacial score (nSPS) is 14.6. The highest BCUT2D eigenvalue weighted by Crippen LogP contribution is 2.17. The first-order valence-corrected chi connectivity index (χ1v) is 5.69. The van der Waals surface area contributed by atoms with Crippen LogP contribution in [0.25, 0.3) is 0 Å². The van der Waals surface area contributed by atoms with E-state index in [1.807, 2.05) is 26.0 Å². The van der Waals surface area contributed by atoms with Gasteiger partial charge < -0.3 is 10.8 Å². The van der Waals surface area contributed by atoms with Crippen molar-refractivity contribution in [2.75, 3.05) is 0 Å². The zero-order chi connectivity index (χ0) is 13.1. The average molecular weight is 236 g/mol. The molecule has 0 aromatic heterocycles. The number of hydrogen-bond donors (Lipinski definition) is 3. The van der Waals surface area contributed by atoms with E-state index in [9.17, 15) is 4.79 Å². The van der Waals surface area contributed by atoms with E-state index >= 15 is 0 Å². The number of phenols is 1. The lowest BCUT2D eigenvalue weighted by Crippen LogP contribution is -2.56. The lowest BCUT2D eigenvalue weighted by atomic mass is 9.87. The van der Waals surface area contributed by atoms with E-state index in [2.05, 4.69) is 5.32 Å². The van der Waals surface area contributed by atoms with Crippen molar-refractivity contribution in [1.82, 2.24) is 5.32 Å².